The zero-order valence-electron chi connectivity index (χ0n) is 8.25. The fourth-order valence-electron chi connectivity index (χ4n) is 1.92. The van der Waals surface area contributed by atoms with Crippen LogP contribution in [0.3, 0.4) is 0 Å². The molecular formula is C10H21NS. The first kappa shape index (κ1) is 10.4. The molecule has 1 nitrogen and oxygen atoms in total. The number of nitrogens with two attached hydrogens (primary N) is 1. The third-order valence-electron chi connectivity index (χ3n) is 2.80. The monoisotopic (exact) mass is 187 g/mol. The second-order valence-corrected chi connectivity index (χ2v) is 5.24. The Labute approximate surface area is 80.5 Å². The summed E-state index contributed by atoms with van der Waals surface area (Å²) < 4.78 is 0. The van der Waals surface area contributed by atoms with Crippen molar-refractivity contribution in [3.63, 3.8) is 0 Å². The molecule has 0 spiro atoms. The maximum Gasteiger partial charge on any atom is 0.0201 e. The van der Waals surface area contributed by atoms with Gasteiger partial charge in [0.1, 0.15) is 0 Å². The molecule has 2 heteroatoms. The predicted octanol–water partition coefficient (Wildman–Crippen LogP) is 2.65. The van der Waals surface area contributed by atoms with Gasteiger partial charge in [0.05, 0.1) is 0 Å². The minimum atomic E-state index is 0.442. The van der Waals surface area contributed by atoms with E-state index >= 15 is 0 Å². The van der Waals surface area contributed by atoms with E-state index in [1.807, 2.05) is 0 Å². The molecule has 0 aliphatic carbocycles. The van der Waals surface area contributed by atoms with Crippen LogP contribution in [0.1, 0.15) is 39.5 Å². The summed E-state index contributed by atoms with van der Waals surface area (Å²) in [6.45, 7) is 4.54. The van der Waals surface area contributed by atoms with Crippen molar-refractivity contribution >= 4 is 11.8 Å². The topological polar surface area (TPSA) is 26.0 Å². The quantitative estimate of drug-likeness (QED) is 0.732. The van der Waals surface area contributed by atoms with Crippen molar-refractivity contribution in [2.45, 2.75) is 50.8 Å². The Kier molecular flexibility index (Phi) is 4.44. The molecule has 0 saturated carbocycles. The van der Waals surface area contributed by atoms with Gasteiger partial charge in [-0.2, -0.15) is 11.8 Å². The first-order valence-corrected chi connectivity index (χ1v) is 6.17. The average Bonchev–Trinajstić information content (AvgIpc) is 2.55. The molecule has 1 saturated heterocycles. The molecule has 3 unspecified atom stereocenters. The second-order valence-electron chi connectivity index (χ2n) is 3.89. The van der Waals surface area contributed by atoms with Gasteiger partial charge in [0, 0.05) is 11.3 Å². The Morgan fingerprint density at radius 1 is 1.58 bits per heavy atom. The maximum atomic E-state index is 6.19. The molecule has 1 aliphatic rings. The number of hydrogen-bond donors (Lipinski definition) is 1. The summed E-state index contributed by atoms with van der Waals surface area (Å²) in [5.41, 5.74) is 6.19. The Balaban J connectivity index is 2.29. The molecule has 72 valence electrons. The molecule has 0 radical (unpaired) electrons. The average molecular weight is 187 g/mol. The lowest BCUT2D eigenvalue weighted by Gasteiger charge is -2.24. The van der Waals surface area contributed by atoms with Gasteiger partial charge in [-0.25, -0.2) is 0 Å². The third-order valence-corrected chi connectivity index (χ3v) is 4.30. The number of rotatable bonds is 4. The van der Waals surface area contributed by atoms with E-state index in [0.29, 0.717) is 12.0 Å². The number of thioether (sulfide) groups is 1. The Bertz CT molecular complexity index is 121. The first-order chi connectivity index (χ1) is 5.75. The normalized spacial score (nSPS) is 28.8. The van der Waals surface area contributed by atoms with Gasteiger partial charge >= 0.3 is 0 Å². The predicted molar refractivity (Wildman–Crippen MR) is 57.5 cm³/mol. The molecule has 1 fully saturated rings. The van der Waals surface area contributed by atoms with Crippen LogP contribution in [0.2, 0.25) is 0 Å². The lowest BCUT2D eigenvalue weighted by Crippen LogP contribution is -2.37. The number of hydrogen-bond acceptors (Lipinski definition) is 2. The van der Waals surface area contributed by atoms with Crippen molar-refractivity contribution in [1.82, 2.24) is 0 Å². The van der Waals surface area contributed by atoms with Gasteiger partial charge in [0.25, 0.3) is 0 Å². The molecule has 1 aliphatic heterocycles. The molecular weight excluding hydrogens is 166 g/mol. The van der Waals surface area contributed by atoms with Crippen LogP contribution in [0, 0.1) is 5.92 Å². The van der Waals surface area contributed by atoms with Gasteiger partial charge in [-0.3, -0.25) is 0 Å². The Morgan fingerprint density at radius 2 is 2.33 bits per heavy atom. The van der Waals surface area contributed by atoms with Crippen molar-refractivity contribution in [3.05, 3.63) is 0 Å². The molecule has 0 aromatic carbocycles. The highest BCUT2D eigenvalue weighted by Crippen LogP contribution is 2.31. The molecule has 12 heavy (non-hydrogen) atoms. The second kappa shape index (κ2) is 5.13. The summed E-state index contributed by atoms with van der Waals surface area (Å²) in [7, 11) is 0. The van der Waals surface area contributed by atoms with Crippen LogP contribution in [0.5, 0.6) is 0 Å². The van der Waals surface area contributed by atoms with Gasteiger partial charge < -0.3 is 5.73 Å². The van der Waals surface area contributed by atoms with Crippen LogP contribution in [0.4, 0.5) is 0 Å². The van der Waals surface area contributed by atoms with E-state index in [0.717, 1.165) is 5.25 Å². The van der Waals surface area contributed by atoms with Crippen LogP contribution in [0.15, 0.2) is 0 Å². The fourth-order valence-corrected chi connectivity index (χ4v) is 3.38. The van der Waals surface area contributed by atoms with Gasteiger partial charge in [0.15, 0.2) is 0 Å². The van der Waals surface area contributed by atoms with Crippen LogP contribution in [0.25, 0.3) is 0 Å². The molecule has 0 bridgehead atoms. The lowest BCUT2D eigenvalue weighted by atomic mass is 9.93. The summed E-state index contributed by atoms with van der Waals surface area (Å²) in [6, 6.07) is 0.442. The van der Waals surface area contributed by atoms with Gasteiger partial charge in [0.2, 0.25) is 0 Å². The third kappa shape index (κ3) is 2.67. The standard InChI is InChI=1S/C10H21NS/c1-3-5-8(2)10(11)9-6-4-7-12-9/h8-10H,3-7,11H2,1-2H3. The molecule has 3 atom stereocenters. The minimum absolute atomic E-state index is 0.442. The van der Waals surface area contributed by atoms with E-state index in [4.69, 9.17) is 5.73 Å². The van der Waals surface area contributed by atoms with Crippen molar-refractivity contribution < 1.29 is 0 Å². The van der Waals surface area contributed by atoms with E-state index in [2.05, 4.69) is 25.6 Å². The maximum absolute atomic E-state index is 6.19. The van der Waals surface area contributed by atoms with E-state index in [1.54, 1.807) is 0 Å². The van der Waals surface area contributed by atoms with Crippen LogP contribution >= 0.6 is 11.8 Å². The molecule has 0 aromatic heterocycles. The Hall–Kier alpha value is 0.310. The summed E-state index contributed by atoms with van der Waals surface area (Å²) in [5, 5.41) is 0.756. The smallest absolute Gasteiger partial charge is 0.0201 e. The van der Waals surface area contributed by atoms with Gasteiger partial charge in [-0.15, -0.1) is 0 Å². The zero-order chi connectivity index (χ0) is 8.97. The van der Waals surface area contributed by atoms with Crippen molar-refractivity contribution in [2.24, 2.45) is 11.7 Å². The molecule has 0 aromatic rings. The molecule has 1 heterocycles. The summed E-state index contributed by atoms with van der Waals surface area (Å²) in [6.07, 6.45) is 5.28. The minimum Gasteiger partial charge on any atom is -0.326 e. The fraction of sp³-hybridized carbons (Fsp3) is 1.00. The summed E-state index contributed by atoms with van der Waals surface area (Å²) in [5.74, 6) is 2.04. The van der Waals surface area contributed by atoms with Crippen molar-refractivity contribution in [2.75, 3.05) is 5.75 Å². The van der Waals surface area contributed by atoms with Crippen LogP contribution in [-0.4, -0.2) is 17.0 Å². The lowest BCUT2D eigenvalue weighted by molar-refractivity contribution is 0.407. The highest BCUT2D eigenvalue weighted by Gasteiger charge is 2.25. The molecule has 2 N–H and O–H groups in total. The van der Waals surface area contributed by atoms with Crippen molar-refractivity contribution in [3.8, 4) is 0 Å². The molecule has 1 rings (SSSR count). The first-order valence-electron chi connectivity index (χ1n) is 5.13. The van der Waals surface area contributed by atoms with E-state index in [-0.39, 0.29) is 0 Å². The SMILES string of the molecule is CCCC(C)C(N)C1CCCS1. The summed E-state index contributed by atoms with van der Waals surface area (Å²) in [4.78, 5) is 0. The molecule has 0 amide bonds. The Morgan fingerprint density at radius 3 is 2.83 bits per heavy atom. The van der Waals surface area contributed by atoms with E-state index < -0.39 is 0 Å². The highest BCUT2D eigenvalue weighted by molar-refractivity contribution is 8.00. The van der Waals surface area contributed by atoms with Crippen molar-refractivity contribution in [1.29, 1.82) is 0 Å². The van der Waals surface area contributed by atoms with Gasteiger partial charge in [-0.1, -0.05) is 20.3 Å². The van der Waals surface area contributed by atoms with Gasteiger partial charge in [-0.05, 0) is 30.9 Å². The van der Waals surface area contributed by atoms with E-state index in [9.17, 15) is 0 Å². The van der Waals surface area contributed by atoms with E-state index in [1.165, 1.54) is 31.4 Å². The summed E-state index contributed by atoms with van der Waals surface area (Å²) >= 11 is 2.08. The van der Waals surface area contributed by atoms with Crippen LogP contribution < -0.4 is 5.73 Å². The van der Waals surface area contributed by atoms with Crippen LogP contribution in [-0.2, 0) is 0 Å². The highest BCUT2D eigenvalue weighted by atomic mass is 32.2. The largest absolute Gasteiger partial charge is 0.326 e. The zero-order valence-corrected chi connectivity index (χ0v) is 9.07.